The monoisotopic (exact) mass is 327 g/mol. The molecule has 0 atom stereocenters. The van der Waals surface area contributed by atoms with Crippen LogP contribution in [-0.2, 0) is 6.18 Å². The molecule has 5 nitrogen and oxygen atoms in total. The van der Waals surface area contributed by atoms with E-state index in [2.05, 4.69) is 15.3 Å². The molecule has 23 heavy (non-hydrogen) atoms. The number of rotatable bonds is 6. The number of aromatic nitrogens is 2. The zero-order chi connectivity index (χ0) is 16.9. The first-order chi connectivity index (χ1) is 11.0. The summed E-state index contributed by atoms with van der Waals surface area (Å²) in [5, 5.41) is 2.84. The summed E-state index contributed by atoms with van der Waals surface area (Å²) in [6.07, 6.45) is -3.06. The Hall–Kier alpha value is -2.51. The van der Waals surface area contributed by atoms with E-state index < -0.39 is 17.6 Å². The molecule has 0 aliphatic carbocycles. The Balaban J connectivity index is 2.27. The molecule has 0 fully saturated rings. The van der Waals surface area contributed by atoms with Crippen LogP contribution in [0.5, 0.6) is 11.6 Å². The molecule has 124 valence electrons. The normalized spacial score (nSPS) is 11.2. The topological polar surface area (TPSA) is 56.3 Å². The number of halogens is 3. The smallest absolute Gasteiger partial charge is 0.423 e. The first-order valence-corrected chi connectivity index (χ1v) is 6.92. The molecule has 0 saturated carbocycles. The molecule has 0 saturated heterocycles. The van der Waals surface area contributed by atoms with Crippen LogP contribution in [0.4, 0.5) is 24.8 Å². The number of ether oxygens (including phenoxy) is 2. The second-order valence-corrected chi connectivity index (χ2v) is 4.58. The van der Waals surface area contributed by atoms with Gasteiger partial charge in [0.15, 0.2) is 0 Å². The van der Waals surface area contributed by atoms with E-state index in [4.69, 9.17) is 9.47 Å². The molecule has 2 aromatic rings. The Labute approximate surface area is 131 Å². The highest BCUT2D eigenvalue weighted by molar-refractivity contribution is 5.62. The van der Waals surface area contributed by atoms with E-state index in [1.807, 2.05) is 6.92 Å². The van der Waals surface area contributed by atoms with E-state index in [-0.39, 0.29) is 5.95 Å². The van der Waals surface area contributed by atoms with Crippen LogP contribution in [0.15, 0.2) is 30.5 Å². The maximum atomic E-state index is 12.8. The number of hydrogen-bond acceptors (Lipinski definition) is 5. The highest BCUT2D eigenvalue weighted by Gasteiger charge is 2.36. The van der Waals surface area contributed by atoms with Gasteiger partial charge in [0.25, 0.3) is 0 Å². The fraction of sp³-hybridized carbons (Fsp3) is 0.333. The lowest BCUT2D eigenvalue weighted by Crippen LogP contribution is -2.11. The van der Waals surface area contributed by atoms with Crippen molar-refractivity contribution < 1.29 is 22.6 Å². The van der Waals surface area contributed by atoms with E-state index in [1.165, 1.54) is 0 Å². The van der Waals surface area contributed by atoms with Gasteiger partial charge in [-0.3, -0.25) is 0 Å². The molecule has 1 heterocycles. The van der Waals surface area contributed by atoms with E-state index in [0.29, 0.717) is 24.2 Å². The average molecular weight is 327 g/mol. The lowest BCUT2D eigenvalue weighted by atomic mass is 10.3. The minimum Gasteiger partial charge on any atom is -0.491 e. The molecule has 1 aromatic carbocycles. The van der Waals surface area contributed by atoms with E-state index in [0.717, 1.165) is 13.5 Å². The average Bonchev–Trinajstić information content (AvgIpc) is 2.53. The molecule has 0 amide bonds. The van der Waals surface area contributed by atoms with Gasteiger partial charge in [0.2, 0.25) is 11.8 Å². The third-order valence-corrected chi connectivity index (χ3v) is 2.85. The number of methoxy groups -OCH3 is 1. The predicted octanol–water partition coefficient (Wildman–Crippen LogP) is 4.04. The van der Waals surface area contributed by atoms with Gasteiger partial charge in [-0.25, -0.2) is 4.98 Å². The summed E-state index contributed by atoms with van der Waals surface area (Å²) in [4.78, 5) is 7.45. The van der Waals surface area contributed by atoms with Crippen molar-refractivity contribution in [3.05, 3.63) is 36.0 Å². The van der Waals surface area contributed by atoms with Crippen molar-refractivity contribution in [1.82, 2.24) is 9.97 Å². The minimum atomic E-state index is -4.58. The number of anilines is 2. The molecule has 0 unspecified atom stereocenters. The van der Waals surface area contributed by atoms with Gasteiger partial charge >= 0.3 is 6.18 Å². The Kier molecular flexibility index (Phi) is 5.25. The van der Waals surface area contributed by atoms with Crippen LogP contribution in [-0.4, -0.2) is 23.7 Å². The largest absolute Gasteiger partial charge is 0.491 e. The molecule has 0 bridgehead atoms. The quantitative estimate of drug-likeness (QED) is 0.868. The lowest BCUT2D eigenvalue weighted by molar-refractivity contribution is -0.139. The van der Waals surface area contributed by atoms with Gasteiger partial charge in [0, 0.05) is 6.20 Å². The van der Waals surface area contributed by atoms with Crippen molar-refractivity contribution in [2.24, 2.45) is 0 Å². The summed E-state index contributed by atoms with van der Waals surface area (Å²) in [5.74, 6) is 0.0150. The first-order valence-electron chi connectivity index (χ1n) is 6.92. The Morgan fingerprint density at radius 1 is 1.22 bits per heavy atom. The molecule has 8 heteroatoms. The van der Waals surface area contributed by atoms with Crippen LogP contribution < -0.4 is 14.8 Å². The van der Waals surface area contributed by atoms with Crippen molar-refractivity contribution in [2.45, 2.75) is 19.5 Å². The first kappa shape index (κ1) is 16.9. The zero-order valence-corrected chi connectivity index (χ0v) is 12.6. The maximum Gasteiger partial charge on any atom is 0.423 e. The Morgan fingerprint density at radius 2 is 1.96 bits per heavy atom. The van der Waals surface area contributed by atoms with Gasteiger partial charge < -0.3 is 14.8 Å². The molecule has 0 aliphatic heterocycles. The minimum absolute atomic E-state index is 0.0117. The van der Waals surface area contributed by atoms with Crippen LogP contribution in [0.2, 0.25) is 0 Å². The van der Waals surface area contributed by atoms with Crippen molar-refractivity contribution >= 4 is 11.6 Å². The third-order valence-electron chi connectivity index (χ3n) is 2.85. The SMILES string of the molecule is CCCOc1ccccc1Nc1ncc(C(F)(F)F)c(OC)n1. The number of benzene rings is 1. The number of hydrogen-bond donors (Lipinski definition) is 1. The van der Waals surface area contributed by atoms with Gasteiger partial charge in [-0.05, 0) is 18.6 Å². The fourth-order valence-electron chi connectivity index (χ4n) is 1.80. The predicted molar refractivity (Wildman–Crippen MR) is 79.1 cm³/mol. The van der Waals surface area contributed by atoms with Crippen LogP contribution >= 0.6 is 0 Å². The summed E-state index contributed by atoms with van der Waals surface area (Å²) in [6.45, 7) is 2.50. The number of nitrogens with zero attached hydrogens (tertiary/aromatic N) is 2. The number of alkyl halides is 3. The summed E-state index contributed by atoms with van der Waals surface area (Å²) in [6, 6.07) is 7.03. The second-order valence-electron chi connectivity index (χ2n) is 4.58. The fourth-order valence-corrected chi connectivity index (χ4v) is 1.80. The van der Waals surface area contributed by atoms with Crippen LogP contribution in [0, 0.1) is 0 Å². The summed E-state index contributed by atoms with van der Waals surface area (Å²) in [7, 11) is 1.12. The van der Waals surface area contributed by atoms with E-state index >= 15 is 0 Å². The van der Waals surface area contributed by atoms with Crippen LogP contribution in [0.1, 0.15) is 18.9 Å². The molecule has 2 rings (SSSR count). The van der Waals surface area contributed by atoms with Gasteiger partial charge in [-0.1, -0.05) is 19.1 Å². The van der Waals surface area contributed by atoms with Crippen molar-refractivity contribution in [1.29, 1.82) is 0 Å². The molecule has 0 radical (unpaired) electrons. The third kappa shape index (κ3) is 4.24. The van der Waals surface area contributed by atoms with Crippen molar-refractivity contribution in [3.63, 3.8) is 0 Å². The Morgan fingerprint density at radius 3 is 2.61 bits per heavy atom. The molecular weight excluding hydrogens is 311 g/mol. The van der Waals surface area contributed by atoms with E-state index in [9.17, 15) is 13.2 Å². The molecule has 1 N–H and O–H groups in total. The summed E-state index contributed by atoms with van der Waals surface area (Å²) in [5.41, 5.74) is -0.469. The van der Waals surface area contributed by atoms with Gasteiger partial charge in [0.05, 0.1) is 19.4 Å². The zero-order valence-electron chi connectivity index (χ0n) is 12.6. The van der Waals surface area contributed by atoms with Gasteiger partial charge in [-0.2, -0.15) is 18.2 Å². The molecule has 1 aromatic heterocycles. The Bertz CT molecular complexity index is 663. The highest BCUT2D eigenvalue weighted by Crippen LogP contribution is 2.35. The molecular formula is C15H16F3N3O2. The molecule has 0 aliphatic rings. The van der Waals surface area contributed by atoms with Gasteiger partial charge in [-0.15, -0.1) is 0 Å². The molecule has 0 spiro atoms. The van der Waals surface area contributed by atoms with Gasteiger partial charge in [0.1, 0.15) is 11.3 Å². The van der Waals surface area contributed by atoms with Crippen molar-refractivity contribution in [3.8, 4) is 11.6 Å². The standard InChI is InChI=1S/C15H16F3N3O2/c1-3-8-23-12-7-5-4-6-11(12)20-14-19-9-10(15(16,17)18)13(21-14)22-2/h4-7,9H,3,8H2,1-2H3,(H,19,20,21). The number of nitrogens with one attached hydrogen (secondary N) is 1. The van der Waals surface area contributed by atoms with Crippen molar-refractivity contribution in [2.75, 3.05) is 19.0 Å². The van der Waals surface area contributed by atoms with Crippen LogP contribution in [0.3, 0.4) is 0 Å². The second kappa shape index (κ2) is 7.17. The maximum absolute atomic E-state index is 12.8. The summed E-state index contributed by atoms with van der Waals surface area (Å²) >= 11 is 0. The number of para-hydroxylation sites is 2. The van der Waals surface area contributed by atoms with Crippen LogP contribution in [0.25, 0.3) is 0 Å². The summed E-state index contributed by atoms with van der Waals surface area (Å²) < 4.78 is 48.7. The lowest BCUT2D eigenvalue weighted by Gasteiger charge is -2.14. The van der Waals surface area contributed by atoms with E-state index in [1.54, 1.807) is 24.3 Å². The highest BCUT2D eigenvalue weighted by atomic mass is 19.4.